The van der Waals surface area contributed by atoms with Crippen LogP contribution in [0.2, 0.25) is 0 Å². The molecule has 4 aromatic rings. The number of benzene rings is 4. The molecule has 571 valence electrons. The first kappa shape index (κ1) is 95.5. The fourth-order valence-corrected chi connectivity index (χ4v) is 8.44. The van der Waals surface area contributed by atoms with Crippen LogP contribution in [0.25, 0.3) is 0 Å². The zero-order valence-electron chi connectivity index (χ0n) is 62.7. The topological polar surface area (TPSA) is 395 Å². The number of likely N-dealkylation sites (tertiary alicyclic amines) is 3. The molecule has 0 aliphatic carbocycles. The summed E-state index contributed by atoms with van der Waals surface area (Å²) in [5, 5.41) is 39.8. The van der Waals surface area contributed by atoms with Gasteiger partial charge in [-0.1, -0.05) is 35.1 Å². The number of carbonyl (C=O) groups is 12. The maximum absolute atomic E-state index is 12.9. The van der Waals surface area contributed by atoms with Crippen molar-refractivity contribution in [3.05, 3.63) is 143 Å². The molecule has 4 aromatic carbocycles. The van der Waals surface area contributed by atoms with Crippen LogP contribution in [0, 0.1) is 29.2 Å². The monoisotopic (exact) mass is 1500 g/mol. The number of carboxylic acids is 2. The molecule has 34 heteroatoms. The van der Waals surface area contributed by atoms with Gasteiger partial charge in [0.25, 0.3) is 23.6 Å². The van der Waals surface area contributed by atoms with Crippen LogP contribution in [0.1, 0.15) is 158 Å². The third-order valence-electron chi connectivity index (χ3n) is 14.6. The van der Waals surface area contributed by atoms with Gasteiger partial charge in [0, 0.05) is 110 Å². The van der Waals surface area contributed by atoms with Crippen molar-refractivity contribution in [2.75, 3.05) is 79.8 Å². The van der Waals surface area contributed by atoms with Crippen molar-refractivity contribution in [1.82, 2.24) is 41.3 Å². The van der Waals surface area contributed by atoms with Crippen LogP contribution in [0.4, 0.5) is 22.4 Å². The van der Waals surface area contributed by atoms with E-state index in [2.05, 4.69) is 40.8 Å². The zero-order chi connectivity index (χ0) is 77.4. The van der Waals surface area contributed by atoms with E-state index in [1.54, 1.807) is 21.6 Å². The number of carboxylic acid groups (broad SMARTS) is 2. The minimum atomic E-state index is -1.26. The number of amides is 7. The maximum Gasteiger partial charge on any atom is 1.00 e. The molecule has 104 heavy (non-hydrogen) atoms. The molecule has 4 heterocycles. The molecule has 0 aromatic heterocycles. The Morgan fingerprint density at radius 2 is 0.798 bits per heavy atom. The Morgan fingerprint density at radius 1 is 0.538 bits per heavy atom. The molecular weight excluding hydrogens is 1400 g/mol. The minimum absolute atomic E-state index is 0. The van der Waals surface area contributed by atoms with Crippen molar-refractivity contribution >= 4 is 90.7 Å². The van der Waals surface area contributed by atoms with Crippen LogP contribution < -0.4 is 56.1 Å². The SMILES string of the molecule is C1CNC1.CC(C)COC(=O)Cl.COC(=O)CC[C@H](NC(=O)c1ccc(F)cc1)C(=O)N1CCC1.COC(=O)CC[C@H](NC(=O)c1ccc(F)cc1)C(=O)O.O.O=C(N[C@@H](CCCO)C(=O)N1CCC1)c1ccc(F)cc1.O=C(O)CC[C@H](NC(=O)c1ccc(F)cc1)C(=O)N1CCC1.[2H]C.[2H]CC.[B].[H-].[Na+]. The fourth-order valence-electron chi connectivity index (χ4n) is 8.37. The van der Waals surface area contributed by atoms with E-state index in [1.165, 1.54) is 114 Å². The van der Waals surface area contributed by atoms with Gasteiger partial charge in [-0.05, 0) is 174 Å². The second-order valence-corrected chi connectivity index (χ2v) is 22.9. The van der Waals surface area contributed by atoms with E-state index in [0.29, 0.717) is 77.1 Å². The first-order valence-corrected chi connectivity index (χ1v) is 32.6. The van der Waals surface area contributed by atoms with Crippen LogP contribution in [-0.4, -0.2) is 219 Å². The molecule has 0 unspecified atom stereocenters. The van der Waals surface area contributed by atoms with Crippen molar-refractivity contribution < 1.29 is 144 Å². The quantitative estimate of drug-likeness (QED) is 0.0146. The van der Waals surface area contributed by atoms with Gasteiger partial charge in [-0.3, -0.25) is 47.9 Å². The Morgan fingerprint density at radius 3 is 1.00 bits per heavy atom. The van der Waals surface area contributed by atoms with Crippen molar-refractivity contribution in [1.29, 1.82) is 0 Å². The first-order chi connectivity index (χ1) is 49.1. The van der Waals surface area contributed by atoms with Crippen molar-refractivity contribution in [2.45, 2.75) is 136 Å². The second-order valence-electron chi connectivity index (χ2n) is 22.6. The molecule has 0 bridgehead atoms. The number of aliphatic carboxylic acids is 2. The minimum Gasteiger partial charge on any atom is -1.00 e. The van der Waals surface area contributed by atoms with E-state index >= 15 is 0 Å². The Labute approximate surface area is 637 Å². The average Bonchev–Trinajstić information content (AvgIpc) is 0.849. The van der Waals surface area contributed by atoms with E-state index in [-0.39, 0.29) is 124 Å². The van der Waals surface area contributed by atoms with Gasteiger partial charge in [0.1, 0.15) is 47.4 Å². The second kappa shape index (κ2) is 55.9. The number of hydrogen-bond donors (Lipinski definition) is 8. The molecule has 10 N–H and O–H groups in total. The molecule has 4 aliphatic heterocycles. The molecule has 4 aliphatic rings. The van der Waals surface area contributed by atoms with Crippen molar-refractivity contribution in [2.24, 2.45) is 5.92 Å². The maximum atomic E-state index is 12.9. The van der Waals surface area contributed by atoms with E-state index in [1.807, 2.05) is 13.8 Å². The van der Waals surface area contributed by atoms with E-state index in [4.69, 9.17) is 29.7 Å². The standard InChI is InChI=1S/C16H19FN2O4.C15H17FN2O4.C15H19FN2O3.C13H14FNO5.C5H9ClO2.C3H7N.C2H6.CH4.B.Na.H2O.H/c1-23-14(20)8-7-13(16(22)19-9-2-10-19)18-15(21)11-3-5-12(17)6-4-11;16-11-4-2-10(3-5-11)14(21)17-12(6-7-13(19)20)15(22)18-8-1-9-18;16-12-6-4-11(5-7-12)14(20)17-13(3-1-10-19)15(21)18-8-2-9-18;1-20-11(16)7-6-10(13(18)19)15-12(17)8-2-4-9(14)5-3-8;1-4(2)3-8-5(6)7;1-2-4-3-1;1-2;;;;;/h3-6,13H,2,7-10H2,1H3,(H,18,21);2-5,12H,1,6-9H2,(H,17,21)(H,19,20);4-7,13,19H,1-3,8-10H2,(H,17,20);2-5,10H,6-7H2,1H3,(H,15,17)(H,18,19);4H,3H2,1-2H3;4H,1-3H2;1-2H3;1H4;;;1H2;/q;;;;;;;;;+1;;-1/t13-;12-;13-;10-;;;;;;;;/m0000......../s1/i;;;;;;2*1D;;;;. The zero-order valence-corrected chi connectivity index (χ0v) is 62.4. The molecule has 4 fully saturated rings. The van der Waals surface area contributed by atoms with Gasteiger partial charge in [-0.2, -0.15) is 0 Å². The molecule has 8 rings (SSSR count). The fraction of sp³-hybridized carbons (Fsp3) is 0.486. The molecule has 3 radical (unpaired) electrons. The van der Waals surface area contributed by atoms with Gasteiger partial charge in [0.15, 0.2) is 0 Å². The number of methoxy groups -OCH3 is 2. The van der Waals surface area contributed by atoms with Gasteiger partial charge in [0.05, 0.1) is 20.8 Å². The van der Waals surface area contributed by atoms with Crippen LogP contribution in [0.15, 0.2) is 97.1 Å². The normalized spacial score (nSPS) is 13.6. The molecule has 7 amide bonds. The van der Waals surface area contributed by atoms with Gasteiger partial charge >= 0.3 is 58.9 Å². The summed E-state index contributed by atoms with van der Waals surface area (Å²) < 4.78 is 76.7. The van der Waals surface area contributed by atoms with Gasteiger partial charge in [-0.25, -0.2) is 27.2 Å². The van der Waals surface area contributed by atoms with Gasteiger partial charge in [-0.15, -0.1) is 0 Å². The summed E-state index contributed by atoms with van der Waals surface area (Å²) in [4.78, 5) is 144. The number of aliphatic hydroxyl groups excluding tert-OH is 1. The number of nitrogens with one attached hydrogen (secondary N) is 5. The third-order valence-corrected chi connectivity index (χ3v) is 14.7. The average molecular weight is 1500 g/mol. The van der Waals surface area contributed by atoms with E-state index < -0.39 is 100 Å². The number of aliphatic hydroxyl groups is 1. The molecule has 27 nitrogen and oxygen atoms in total. The molecular formula is C70H98BClF4N8NaO19. The molecule has 4 atom stereocenters. The number of halogens is 5. The largest absolute Gasteiger partial charge is 1.00 e. The van der Waals surface area contributed by atoms with Crippen molar-refractivity contribution in [3.63, 3.8) is 0 Å². The number of ether oxygens (including phenoxy) is 3. The predicted molar refractivity (Wildman–Crippen MR) is 376 cm³/mol. The summed E-state index contributed by atoms with van der Waals surface area (Å²) >= 11 is 4.86. The van der Waals surface area contributed by atoms with Crippen molar-refractivity contribution in [3.8, 4) is 0 Å². The first-order valence-electron chi connectivity index (χ1n) is 33.9. The molecule has 0 saturated carbocycles. The predicted octanol–water partition coefficient (Wildman–Crippen LogP) is 3.59. The summed E-state index contributed by atoms with van der Waals surface area (Å²) in [6.45, 7) is 13.0. The number of hydrogen-bond acceptors (Lipinski definition) is 17. The smallest absolute Gasteiger partial charge is 1.00 e. The van der Waals surface area contributed by atoms with Crippen LogP contribution >= 0.6 is 11.6 Å². The number of rotatable bonds is 26. The summed E-state index contributed by atoms with van der Waals surface area (Å²) in [5.41, 5.74) is 0.195. The van der Waals surface area contributed by atoms with Gasteiger partial charge in [0.2, 0.25) is 17.7 Å². The summed E-state index contributed by atoms with van der Waals surface area (Å²) in [6.07, 6.45) is 4.82. The molecule has 0 spiro atoms. The summed E-state index contributed by atoms with van der Waals surface area (Å²) in [7, 11) is 3.71. The Kier molecular flexibility index (Phi) is 51.4. The number of carbonyl (C=O) groups excluding carboxylic acids is 10. The number of esters is 2. The Hall–Kier alpha value is -8.53. The summed E-state index contributed by atoms with van der Waals surface area (Å²) in [5.74, 6) is -7.43. The van der Waals surface area contributed by atoms with Crippen LogP contribution in [0.3, 0.4) is 0 Å². The van der Waals surface area contributed by atoms with Crippen LogP contribution in [-0.2, 0) is 47.8 Å². The summed E-state index contributed by atoms with van der Waals surface area (Å²) in [6, 6.07) is 16.3. The third kappa shape index (κ3) is 39.9. The van der Waals surface area contributed by atoms with E-state index in [0.717, 1.165) is 43.5 Å². The van der Waals surface area contributed by atoms with E-state index in [9.17, 15) is 75.1 Å². The Bertz CT molecular complexity index is 3280. The number of nitrogens with zero attached hydrogens (tertiary/aromatic N) is 3. The Balaban J connectivity index is -0.000000608. The van der Waals surface area contributed by atoms with Crippen LogP contribution in [0.5, 0.6) is 0 Å². The molecule has 4 saturated heterocycles. The van der Waals surface area contributed by atoms with Gasteiger partial charge < -0.3 is 77.7 Å².